The van der Waals surface area contributed by atoms with Crippen LogP contribution in [0.3, 0.4) is 0 Å². The Morgan fingerprint density at radius 2 is 2.08 bits per heavy atom. The Kier molecular flexibility index (Phi) is 2.37. The van der Waals surface area contributed by atoms with Gasteiger partial charge in [-0.2, -0.15) is 5.10 Å². The van der Waals surface area contributed by atoms with E-state index in [9.17, 15) is 4.79 Å². The van der Waals surface area contributed by atoms with Gasteiger partial charge in [0.05, 0.1) is 24.2 Å². The minimum Gasteiger partial charge on any atom is -0.497 e. The van der Waals surface area contributed by atoms with Crippen LogP contribution in [0.5, 0.6) is 5.75 Å². The first-order valence-corrected chi connectivity index (χ1v) is 8.02. The van der Waals surface area contributed by atoms with Crippen LogP contribution >= 0.6 is 0 Å². The van der Waals surface area contributed by atoms with E-state index in [1.807, 2.05) is 24.4 Å². The van der Waals surface area contributed by atoms with Crippen molar-refractivity contribution in [3.8, 4) is 5.75 Å². The van der Waals surface area contributed by atoms with Gasteiger partial charge in [0, 0.05) is 16.5 Å². The van der Waals surface area contributed by atoms with E-state index in [0.717, 1.165) is 39.9 Å². The summed E-state index contributed by atoms with van der Waals surface area (Å²) in [4.78, 5) is 12.8. The van der Waals surface area contributed by atoms with Crippen LogP contribution in [0.4, 0.5) is 5.69 Å². The molecule has 5 heteroatoms. The topological polar surface area (TPSA) is 67.0 Å². The molecule has 1 amide bonds. The fourth-order valence-corrected chi connectivity index (χ4v) is 4.30. The summed E-state index contributed by atoms with van der Waals surface area (Å²) < 4.78 is 5.36. The molecule has 2 aromatic carbocycles. The number of hydrogen-bond acceptors (Lipinski definition) is 3. The van der Waals surface area contributed by atoms with Gasteiger partial charge in [-0.3, -0.25) is 9.89 Å². The number of hydrogen-bond donors (Lipinski definition) is 2. The Hall–Kier alpha value is -2.82. The molecule has 120 valence electrons. The molecule has 2 heterocycles. The Morgan fingerprint density at radius 3 is 2.92 bits per heavy atom. The highest BCUT2D eigenvalue weighted by Crippen LogP contribution is 2.69. The van der Waals surface area contributed by atoms with E-state index in [0.29, 0.717) is 0 Å². The maximum Gasteiger partial charge on any atom is 0.236 e. The molecule has 0 radical (unpaired) electrons. The molecule has 2 N–H and O–H groups in total. The third-order valence-corrected chi connectivity index (χ3v) is 5.84. The largest absolute Gasteiger partial charge is 0.497 e. The highest BCUT2D eigenvalue weighted by atomic mass is 16.5. The monoisotopic (exact) mass is 319 g/mol. The standard InChI is InChI=1S/C19H17N3O2/c1-18(12-4-3-11-9-20-22-16(11)7-12)10-19(18)14-8-13(24-2)5-6-15(14)21-17(19)23/h3-9H,10H2,1-2H3,(H,20,22)(H,21,23)/t18-,19+/m0/s1. The van der Waals surface area contributed by atoms with Crippen molar-refractivity contribution in [3.05, 3.63) is 53.7 Å². The van der Waals surface area contributed by atoms with E-state index in [2.05, 4.69) is 40.6 Å². The summed E-state index contributed by atoms with van der Waals surface area (Å²) in [6, 6.07) is 12.1. The summed E-state index contributed by atoms with van der Waals surface area (Å²) >= 11 is 0. The Bertz CT molecular complexity index is 1010. The van der Waals surface area contributed by atoms with Gasteiger partial charge in [0.2, 0.25) is 5.91 Å². The highest BCUT2D eigenvalue weighted by Gasteiger charge is 2.73. The van der Waals surface area contributed by atoms with Gasteiger partial charge in [-0.05, 0) is 41.8 Å². The van der Waals surface area contributed by atoms with Crippen molar-refractivity contribution < 1.29 is 9.53 Å². The number of amides is 1. The molecule has 3 aromatic rings. The minimum absolute atomic E-state index is 0.0814. The number of benzene rings is 2. The fourth-order valence-electron chi connectivity index (χ4n) is 4.30. The number of carbonyl (C=O) groups is 1. The molecule has 1 aliphatic heterocycles. The van der Waals surface area contributed by atoms with Crippen molar-refractivity contribution in [1.29, 1.82) is 0 Å². The molecule has 2 aliphatic rings. The predicted molar refractivity (Wildman–Crippen MR) is 91.4 cm³/mol. The van der Waals surface area contributed by atoms with Crippen molar-refractivity contribution >= 4 is 22.5 Å². The number of rotatable bonds is 2. The molecule has 0 unspecified atom stereocenters. The number of nitrogens with zero attached hydrogens (tertiary/aromatic N) is 1. The van der Waals surface area contributed by atoms with Crippen LogP contribution < -0.4 is 10.1 Å². The number of carbonyl (C=O) groups excluding carboxylic acids is 1. The zero-order valence-corrected chi connectivity index (χ0v) is 13.5. The van der Waals surface area contributed by atoms with Crippen molar-refractivity contribution in [2.45, 2.75) is 24.2 Å². The summed E-state index contributed by atoms with van der Waals surface area (Å²) in [5.74, 6) is 0.862. The minimum atomic E-state index is -0.509. The van der Waals surface area contributed by atoms with Gasteiger partial charge >= 0.3 is 0 Å². The maximum atomic E-state index is 12.8. The summed E-state index contributed by atoms with van der Waals surface area (Å²) in [6.45, 7) is 2.17. The van der Waals surface area contributed by atoms with E-state index in [1.165, 1.54) is 0 Å². The lowest BCUT2D eigenvalue weighted by molar-refractivity contribution is -0.118. The number of H-pyrrole nitrogens is 1. The molecule has 1 spiro atoms. The summed E-state index contributed by atoms with van der Waals surface area (Å²) in [5.41, 5.74) is 3.36. The zero-order valence-electron chi connectivity index (χ0n) is 13.5. The van der Waals surface area contributed by atoms with Crippen LogP contribution in [0.1, 0.15) is 24.5 Å². The number of nitrogens with one attached hydrogen (secondary N) is 2. The van der Waals surface area contributed by atoms with Crippen LogP contribution in [0.2, 0.25) is 0 Å². The average molecular weight is 319 g/mol. The number of fused-ring (bicyclic) bond motifs is 3. The van der Waals surface area contributed by atoms with Gasteiger partial charge in [0.1, 0.15) is 5.75 Å². The van der Waals surface area contributed by atoms with Gasteiger partial charge in [0.25, 0.3) is 0 Å². The van der Waals surface area contributed by atoms with Crippen LogP contribution in [0.15, 0.2) is 42.6 Å². The van der Waals surface area contributed by atoms with E-state index in [4.69, 9.17) is 4.74 Å². The SMILES string of the molecule is COc1ccc2c(c1)[C@]1(C[C@@]1(C)c1ccc3cn[nH]c3c1)C(=O)N2. The second-order valence-corrected chi connectivity index (χ2v) is 6.95. The quantitative estimate of drug-likeness (QED) is 0.762. The van der Waals surface area contributed by atoms with Gasteiger partial charge in [-0.15, -0.1) is 0 Å². The molecule has 1 fully saturated rings. The highest BCUT2D eigenvalue weighted by molar-refractivity contribution is 6.11. The van der Waals surface area contributed by atoms with Crippen molar-refractivity contribution in [2.24, 2.45) is 0 Å². The predicted octanol–water partition coefficient (Wildman–Crippen LogP) is 3.12. The summed E-state index contributed by atoms with van der Waals surface area (Å²) in [6.07, 6.45) is 2.61. The summed E-state index contributed by atoms with van der Waals surface area (Å²) in [5, 5.41) is 11.2. The molecule has 1 aromatic heterocycles. The molecule has 5 rings (SSSR count). The van der Waals surface area contributed by atoms with E-state index in [-0.39, 0.29) is 11.3 Å². The first-order chi connectivity index (χ1) is 11.6. The van der Waals surface area contributed by atoms with Gasteiger partial charge in [-0.1, -0.05) is 19.1 Å². The van der Waals surface area contributed by atoms with Crippen molar-refractivity contribution in [1.82, 2.24) is 10.2 Å². The van der Waals surface area contributed by atoms with Gasteiger partial charge in [-0.25, -0.2) is 0 Å². The molecule has 1 saturated carbocycles. The first kappa shape index (κ1) is 13.6. The third kappa shape index (κ3) is 1.45. The molecule has 24 heavy (non-hydrogen) atoms. The van der Waals surface area contributed by atoms with E-state index < -0.39 is 5.41 Å². The zero-order chi connectivity index (χ0) is 16.5. The number of methoxy groups -OCH3 is 1. The number of aromatic nitrogens is 2. The van der Waals surface area contributed by atoms with Crippen LogP contribution in [-0.2, 0) is 15.6 Å². The number of anilines is 1. The molecule has 5 nitrogen and oxygen atoms in total. The van der Waals surface area contributed by atoms with Gasteiger partial charge in [0.15, 0.2) is 0 Å². The smallest absolute Gasteiger partial charge is 0.236 e. The van der Waals surface area contributed by atoms with Crippen LogP contribution in [0.25, 0.3) is 10.9 Å². The van der Waals surface area contributed by atoms with Crippen molar-refractivity contribution in [3.63, 3.8) is 0 Å². The molecule has 0 saturated heterocycles. The molecule has 1 aliphatic carbocycles. The third-order valence-electron chi connectivity index (χ3n) is 5.84. The van der Waals surface area contributed by atoms with Crippen molar-refractivity contribution in [2.75, 3.05) is 12.4 Å². The average Bonchev–Trinajstić information content (AvgIpc) is 2.91. The second kappa shape index (κ2) is 4.17. The second-order valence-electron chi connectivity index (χ2n) is 6.95. The lowest BCUT2D eigenvalue weighted by Crippen LogP contribution is -2.27. The lowest BCUT2D eigenvalue weighted by Gasteiger charge is -2.18. The lowest BCUT2D eigenvalue weighted by atomic mass is 9.83. The summed E-state index contributed by atoms with van der Waals surface area (Å²) in [7, 11) is 1.65. The molecular formula is C19H17N3O2. The Balaban J connectivity index is 1.67. The normalized spacial score (nSPS) is 27.3. The maximum absolute atomic E-state index is 12.8. The van der Waals surface area contributed by atoms with Gasteiger partial charge < -0.3 is 10.1 Å². The fraction of sp³-hybridized carbons (Fsp3) is 0.263. The molecule has 2 atom stereocenters. The van der Waals surface area contributed by atoms with E-state index in [1.54, 1.807) is 7.11 Å². The first-order valence-electron chi connectivity index (χ1n) is 8.02. The number of aromatic amines is 1. The van der Waals surface area contributed by atoms with Crippen LogP contribution in [-0.4, -0.2) is 23.2 Å². The van der Waals surface area contributed by atoms with Crippen LogP contribution in [0, 0.1) is 0 Å². The Labute approximate surface area is 139 Å². The number of ether oxygens (including phenoxy) is 1. The van der Waals surface area contributed by atoms with E-state index >= 15 is 0 Å². The molecule has 0 bridgehead atoms. The molecular weight excluding hydrogens is 302 g/mol. The Morgan fingerprint density at radius 1 is 1.21 bits per heavy atom.